The Hall–Kier alpha value is -1.12. The van der Waals surface area contributed by atoms with Crippen molar-refractivity contribution in [2.45, 2.75) is 12.8 Å². The van der Waals surface area contributed by atoms with Gasteiger partial charge in [0.15, 0.2) is 0 Å². The normalized spacial score (nSPS) is 19.3. The number of hydrogen-bond donors (Lipinski definition) is 2. The molecule has 9 heteroatoms. The fourth-order valence-electron chi connectivity index (χ4n) is 2.99. The van der Waals surface area contributed by atoms with E-state index < -0.39 is 5.41 Å². The minimum atomic E-state index is -0.527. The smallest absolute Gasteiger partial charge is 0.232 e. The molecule has 1 amide bonds. The van der Waals surface area contributed by atoms with E-state index in [9.17, 15) is 4.79 Å². The number of aromatic nitrogens is 1. The van der Waals surface area contributed by atoms with Crippen LogP contribution in [0.5, 0.6) is 0 Å². The summed E-state index contributed by atoms with van der Waals surface area (Å²) in [5, 5.41) is 2.95. The van der Waals surface area contributed by atoms with Crippen molar-refractivity contribution in [3.8, 4) is 0 Å². The topological polar surface area (TPSA) is 89.7 Å². The fourth-order valence-corrected chi connectivity index (χ4v) is 2.99. The maximum absolute atomic E-state index is 12.6. The number of morpholine rings is 1. The van der Waals surface area contributed by atoms with Gasteiger partial charge in [0.1, 0.15) is 5.82 Å². The first-order chi connectivity index (χ1) is 11.2. The van der Waals surface area contributed by atoms with E-state index in [1.807, 2.05) is 12.1 Å². The van der Waals surface area contributed by atoms with Crippen LogP contribution in [-0.4, -0.2) is 57.0 Å². The number of halogens is 2. The second-order valence-corrected chi connectivity index (χ2v) is 6.06. The summed E-state index contributed by atoms with van der Waals surface area (Å²) >= 11 is 0. The molecule has 7 nitrogen and oxygen atoms in total. The maximum atomic E-state index is 12.6. The quantitative estimate of drug-likeness (QED) is 0.805. The van der Waals surface area contributed by atoms with Gasteiger partial charge < -0.3 is 25.4 Å². The van der Waals surface area contributed by atoms with Crippen LogP contribution in [0.3, 0.4) is 0 Å². The highest BCUT2D eigenvalue weighted by Crippen LogP contribution is 2.31. The average Bonchev–Trinajstić information content (AvgIpc) is 2.63. The van der Waals surface area contributed by atoms with Crippen molar-refractivity contribution in [3.05, 3.63) is 18.3 Å². The summed E-state index contributed by atoms with van der Waals surface area (Å²) in [5.74, 6) is 0.870. The molecule has 0 aliphatic carbocycles. The van der Waals surface area contributed by atoms with Gasteiger partial charge in [-0.1, -0.05) is 0 Å². The molecule has 0 atom stereocenters. The number of carbonyl (C=O) groups excluding carboxylic acids is 1. The number of anilines is 2. The Kier molecular flexibility index (Phi) is 8.88. The summed E-state index contributed by atoms with van der Waals surface area (Å²) in [6.07, 6.45) is 3.02. The molecule has 3 rings (SSSR count). The molecule has 0 saturated carbocycles. The molecular formula is C16H26Cl2N4O3. The number of rotatable bonds is 4. The van der Waals surface area contributed by atoms with Gasteiger partial charge in [-0.2, -0.15) is 0 Å². The first-order valence-electron chi connectivity index (χ1n) is 8.11. The van der Waals surface area contributed by atoms with Gasteiger partial charge in [-0.25, -0.2) is 4.98 Å². The number of ether oxygens (including phenoxy) is 2. The number of amides is 1. The third-order valence-corrected chi connectivity index (χ3v) is 4.66. The fraction of sp³-hybridized carbons (Fsp3) is 0.625. The van der Waals surface area contributed by atoms with Gasteiger partial charge in [-0.3, -0.25) is 4.79 Å². The van der Waals surface area contributed by atoms with Gasteiger partial charge in [0.05, 0.1) is 30.5 Å². The van der Waals surface area contributed by atoms with Crippen LogP contribution < -0.4 is 16.0 Å². The summed E-state index contributed by atoms with van der Waals surface area (Å²) in [6.45, 7) is 4.63. The molecule has 0 spiro atoms. The molecule has 2 fully saturated rings. The molecule has 1 aromatic rings. The zero-order chi connectivity index (χ0) is 16.1. The predicted octanol–water partition coefficient (Wildman–Crippen LogP) is 1.46. The molecule has 0 radical (unpaired) electrons. The molecule has 2 aliphatic heterocycles. The van der Waals surface area contributed by atoms with Gasteiger partial charge in [-0.05, 0) is 25.0 Å². The lowest BCUT2D eigenvalue weighted by Crippen LogP contribution is -2.46. The van der Waals surface area contributed by atoms with E-state index in [2.05, 4.69) is 15.2 Å². The van der Waals surface area contributed by atoms with Gasteiger partial charge in [-0.15, -0.1) is 24.8 Å². The van der Waals surface area contributed by atoms with Crippen molar-refractivity contribution >= 4 is 42.2 Å². The lowest BCUT2D eigenvalue weighted by atomic mass is 9.79. The van der Waals surface area contributed by atoms with E-state index in [4.69, 9.17) is 15.2 Å². The van der Waals surface area contributed by atoms with Crippen LogP contribution in [0.15, 0.2) is 18.3 Å². The standard InChI is InChI=1S/C16H24N4O3.2ClH/c17-12-16(3-7-22-8-4-16)15(21)19-13-1-2-14(18-11-13)20-5-9-23-10-6-20;;/h1-2,11H,3-10,12,17H2,(H,19,21);2*1H. The Labute approximate surface area is 160 Å². The summed E-state index contributed by atoms with van der Waals surface area (Å²) in [7, 11) is 0. The van der Waals surface area contributed by atoms with Crippen LogP contribution in [0.2, 0.25) is 0 Å². The van der Waals surface area contributed by atoms with Crippen LogP contribution >= 0.6 is 24.8 Å². The first kappa shape index (κ1) is 21.9. The van der Waals surface area contributed by atoms with Gasteiger partial charge in [0.2, 0.25) is 5.91 Å². The van der Waals surface area contributed by atoms with E-state index in [1.165, 1.54) is 0 Å². The number of carbonyl (C=O) groups is 1. The maximum Gasteiger partial charge on any atom is 0.232 e. The second kappa shape index (κ2) is 10.1. The number of hydrogen-bond acceptors (Lipinski definition) is 6. The van der Waals surface area contributed by atoms with E-state index in [0.717, 1.165) is 32.1 Å². The lowest BCUT2D eigenvalue weighted by molar-refractivity contribution is -0.130. The second-order valence-electron chi connectivity index (χ2n) is 6.06. The van der Waals surface area contributed by atoms with Crippen LogP contribution in [0, 0.1) is 5.41 Å². The van der Waals surface area contributed by atoms with Gasteiger partial charge in [0.25, 0.3) is 0 Å². The number of nitrogens with two attached hydrogens (primary N) is 1. The molecule has 3 heterocycles. The van der Waals surface area contributed by atoms with Crippen molar-refractivity contribution in [3.63, 3.8) is 0 Å². The number of pyridine rings is 1. The van der Waals surface area contributed by atoms with Crippen LogP contribution in [-0.2, 0) is 14.3 Å². The molecule has 2 aliphatic rings. The van der Waals surface area contributed by atoms with Crippen molar-refractivity contribution < 1.29 is 14.3 Å². The highest BCUT2D eigenvalue weighted by Gasteiger charge is 2.38. The zero-order valence-corrected chi connectivity index (χ0v) is 15.7. The van der Waals surface area contributed by atoms with Gasteiger partial charge >= 0.3 is 0 Å². The third kappa shape index (κ3) is 5.18. The van der Waals surface area contributed by atoms with Gasteiger partial charge in [0, 0.05) is 32.8 Å². The molecule has 25 heavy (non-hydrogen) atoms. The molecule has 1 aromatic heterocycles. The highest BCUT2D eigenvalue weighted by molar-refractivity contribution is 5.95. The lowest BCUT2D eigenvalue weighted by Gasteiger charge is -2.34. The van der Waals surface area contributed by atoms with E-state index in [-0.39, 0.29) is 30.7 Å². The van der Waals surface area contributed by atoms with Crippen LogP contribution in [0.4, 0.5) is 11.5 Å². The van der Waals surface area contributed by atoms with Crippen molar-refractivity contribution in [2.75, 3.05) is 56.3 Å². The number of nitrogens with one attached hydrogen (secondary N) is 1. The number of nitrogens with zero attached hydrogens (tertiary/aromatic N) is 2. The molecule has 0 aromatic carbocycles. The van der Waals surface area contributed by atoms with E-state index in [0.29, 0.717) is 38.3 Å². The summed E-state index contributed by atoms with van der Waals surface area (Å²) in [4.78, 5) is 19.2. The van der Waals surface area contributed by atoms with Crippen LogP contribution in [0.25, 0.3) is 0 Å². The third-order valence-electron chi connectivity index (χ3n) is 4.66. The SMILES string of the molecule is Cl.Cl.NCC1(C(=O)Nc2ccc(N3CCOCC3)nc2)CCOCC1. The molecule has 2 saturated heterocycles. The Morgan fingerprint density at radius 1 is 1.16 bits per heavy atom. The summed E-state index contributed by atoms with van der Waals surface area (Å²) in [6, 6.07) is 3.82. The van der Waals surface area contributed by atoms with Crippen molar-refractivity contribution in [1.82, 2.24) is 4.98 Å². The average molecular weight is 393 g/mol. The highest BCUT2D eigenvalue weighted by atomic mass is 35.5. The van der Waals surface area contributed by atoms with Crippen LogP contribution in [0.1, 0.15) is 12.8 Å². The molecule has 142 valence electrons. The van der Waals surface area contributed by atoms with E-state index >= 15 is 0 Å². The monoisotopic (exact) mass is 392 g/mol. The predicted molar refractivity (Wildman–Crippen MR) is 102 cm³/mol. The molecule has 0 bridgehead atoms. The minimum Gasteiger partial charge on any atom is -0.381 e. The Balaban J connectivity index is 0.00000156. The molecular weight excluding hydrogens is 367 g/mol. The Morgan fingerprint density at radius 3 is 2.36 bits per heavy atom. The first-order valence-corrected chi connectivity index (χ1v) is 8.11. The Bertz CT molecular complexity index is 533. The molecule has 3 N–H and O–H groups in total. The Morgan fingerprint density at radius 2 is 1.80 bits per heavy atom. The largest absolute Gasteiger partial charge is 0.381 e. The van der Waals surface area contributed by atoms with Crippen molar-refractivity contribution in [1.29, 1.82) is 0 Å². The molecule has 0 unspecified atom stereocenters. The summed E-state index contributed by atoms with van der Waals surface area (Å²) < 4.78 is 10.7. The minimum absolute atomic E-state index is 0. The summed E-state index contributed by atoms with van der Waals surface area (Å²) in [5.41, 5.74) is 6.04. The van der Waals surface area contributed by atoms with Crippen molar-refractivity contribution in [2.24, 2.45) is 11.1 Å². The zero-order valence-electron chi connectivity index (χ0n) is 14.1. The van der Waals surface area contributed by atoms with E-state index in [1.54, 1.807) is 6.20 Å².